The lowest BCUT2D eigenvalue weighted by Gasteiger charge is -2.16. The Morgan fingerprint density at radius 2 is 2.43 bits per heavy atom. The Balaban J connectivity index is 2.46. The van der Waals surface area contributed by atoms with Gasteiger partial charge in [-0.05, 0) is 25.8 Å². The van der Waals surface area contributed by atoms with Crippen LogP contribution < -0.4 is 5.32 Å². The molecule has 0 saturated heterocycles. The van der Waals surface area contributed by atoms with Gasteiger partial charge >= 0.3 is 5.97 Å². The second-order valence-corrected chi connectivity index (χ2v) is 3.74. The summed E-state index contributed by atoms with van der Waals surface area (Å²) in [5, 5.41) is 11.8. The summed E-state index contributed by atoms with van der Waals surface area (Å²) >= 11 is 0. The van der Waals surface area contributed by atoms with Crippen molar-refractivity contribution in [3.8, 4) is 0 Å². The SMILES string of the molecule is CCN[C@@H](CC1CCCC1=O)C(=O)O. The first-order chi connectivity index (χ1) is 6.65. The van der Waals surface area contributed by atoms with Crippen LogP contribution in [0.25, 0.3) is 0 Å². The molecule has 1 unspecified atom stereocenters. The molecule has 1 aliphatic rings. The van der Waals surface area contributed by atoms with Crippen molar-refractivity contribution < 1.29 is 14.7 Å². The molecule has 0 aromatic heterocycles. The quantitative estimate of drug-likeness (QED) is 0.687. The van der Waals surface area contributed by atoms with Gasteiger partial charge in [0, 0.05) is 12.3 Å². The van der Waals surface area contributed by atoms with Crippen molar-refractivity contribution in [2.75, 3.05) is 6.54 Å². The second-order valence-electron chi connectivity index (χ2n) is 3.74. The van der Waals surface area contributed by atoms with Crippen LogP contribution >= 0.6 is 0 Å². The number of rotatable bonds is 5. The third-order valence-electron chi connectivity index (χ3n) is 2.70. The van der Waals surface area contributed by atoms with Crippen molar-refractivity contribution in [3.63, 3.8) is 0 Å². The molecule has 0 heterocycles. The molecule has 0 aromatic carbocycles. The number of hydrogen-bond donors (Lipinski definition) is 2. The summed E-state index contributed by atoms with van der Waals surface area (Å²) in [6.45, 7) is 2.49. The second kappa shape index (κ2) is 5.10. The number of ketones is 1. The van der Waals surface area contributed by atoms with Crippen LogP contribution in [0, 0.1) is 5.92 Å². The molecule has 0 amide bonds. The smallest absolute Gasteiger partial charge is 0.320 e. The van der Waals surface area contributed by atoms with Crippen LogP contribution in [0.15, 0.2) is 0 Å². The Bertz CT molecular complexity index is 227. The molecular formula is C10H17NO3. The molecule has 0 bridgehead atoms. The Morgan fingerprint density at radius 1 is 1.71 bits per heavy atom. The van der Waals surface area contributed by atoms with Crippen LogP contribution in [0.5, 0.6) is 0 Å². The maximum Gasteiger partial charge on any atom is 0.320 e. The number of hydrogen-bond acceptors (Lipinski definition) is 3. The molecule has 0 radical (unpaired) electrons. The molecule has 80 valence electrons. The van der Waals surface area contributed by atoms with Gasteiger partial charge in [-0.25, -0.2) is 0 Å². The zero-order chi connectivity index (χ0) is 10.6. The number of aliphatic carboxylic acids is 1. The van der Waals surface area contributed by atoms with Crippen molar-refractivity contribution in [1.29, 1.82) is 0 Å². The number of nitrogens with one attached hydrogen (secondary N) is 1. The van der Waals surface area contributed by atoms with E-state index in [1.165, 1.54) is 0 Å². The van der Waals surface area contributed by atoms with Crippen molar-refractivity contribution in [3.05, 3.63) is 0 Å². The Kier molecular flexibility index (Phi) is 4.07. The lowest BCUT2D eigenvalue weighted by atomic mass is 9.97. The minimum absolute atomic E-state index is 0.0323. The van der Waals surface area contributed by atoms with Crippen molar-refractivity contribution >= 4 is 11.8 Å². The zero-order valence-electron chi connectivity index (χ0n) is 8.45. The molecule has 1 rings (SSSR count). The Labute approximate surface area is 83.7 Å². The summed E-state index contributed by atoms with van der Waals surface area (Å²) in [5.41, 5.74) is 0. The minimum Gasteiger partial charge on any atom is -0.480 e. The van der Waals surface area contributed by atoms with Crippen LogP contribution in [0.1, 0.15) is 32.6 Å². The lowest BCUT2D eigenvalue weighted by Crippen LogP contribution is -2.38. The van der Waals surface area contributed by atoms with E-state index in [-0.39, 0.29) is 11.7 Å². The largest absolute Gasteiger partial charge is 0.480 e. The topological polar surface area (TPSA) is 66.4 Å². The third kappa shape index (κ3) is 2.80. The summed E-state index contributed by atoms with van der Waals surface area (Å²) in [5.74, 6) is -0.657. The molecule has 0 spiro atoms. The van der Waals surface area contributed by atoms with E-state index in [4.69, 9.17) is 5.11 Å². The van der Waals surface area contributed by atoms with Gasteiger partial charge in [0.2, 0.25) is 0 Å². The normalized spacial score (nSPS) is 23.8. The molecule has 2 N–H and O–H groups in total. The summed E-state index contributed by atoms with van der Waals surface area (Å²) < 4.78 is 0. The molecule has 0 aliphatic heterocycles. The van der Waals surface area contributed by atoms with Gasteiger partial charge in [-0.3, -0.25) is 9.59 Å². The van der Waals surface area contributed by atoms with E-state index in [2.05, 4.69) is 5.32 Å². The molecule has 4 heteroatoms. The van der Waals surface area contributed by atoms with Gasteiger partial charge < -0.3 is 10.4 Å². The van der Waals surface area contributed by atoms with E-state index in [0.717, 1.165) is 12.8 Å². The minimum atomic E-state index is -0.855. The highest BCUT2D eigenvalue weighted by Crippen LogP contribution is 2.25. The van der Waals surface area contributed by atoms with Crippen LogP contribution in [-0.4, -0.2) is 29.4 Å². The van der Waals surface area contributed by atoms with E-state index in [0.29, 0.717) is 19.4 Å². The number of carbonyl (C=O) groups excluding carboxylic acids is 1. The first-order valence-electron chi connectivity index (χ1n) is 5.14. The van der Waals surface area contributed by atoms with Crippen LogP contribution in [-0.2, 0) is 9.59 Å². The third-order valence-corrected chi connectivity index (χ3v) is 2.70. The monoisotopic (exact) mass is 199 g/mol. The molecule has 0 aromatic rings. The van der Waals surface area contributed by atoms with Gasteiger partial charge in [0.1, 0.15) is 11.8 Å². The Hall–Kier alpha value is -0.900. The molecule has 1 saturated carbocycles. The molecule has 1 aliphatic carbocycles. The van der Waals surface area contributed by atoms with Gasteiger partial charge in [-0.1, -0.05) is 6.92 Å². The molecule has 2 atom stereocenters. The van der Waals surface area contributed by atoms with Gasteiger partial charge in [0.05, 0.1) is 0 Å². The lowest BCUT2D eigenvalue weighted by molar-refractivity contribution is -0.140. The van der Waals surface area contributed by atoms with E-state index in [1.54, 1.807) is 0 Å². The number of carboxylic acids is 1. The van der Waals surface area contributed by atoms with Gasteiger partial charge in [0.15, 0.2) is 0 Å². The maximum atomic E-state index is 11.3. The summed E-state index contributed by atoms with van der Waals surface area (Å²) in [7, 11) is 0. The number of Topliss-reactive ketones (excluding diaryl/α,β-unsaturated/α-hetero) is 1. The fourth-order valence-electron chi connectivity index (χ4n) is 1.94. The number of carboxylic acid groups (broad SMARTS) is 1. The predicted molar refractivity (Wildman–Crippen MR) is 52.1 cm³/mol. The standard InChI is InChI=1S/C10H17NO3/c1-2-11-8(10(13)14)6-7-4-3-5-9(7)12/h7-8,11H,2-6H2,1H3,(H,13,14)/t7?,8-/m0/s1. The van der Waals surface area contributed by atoms with E-state index in [1.807, 2.05) is 6.92 Å². The van der Waals surface area contributed by atoms with Crippen molar-refractivity contribution in [1.82, 2.24) is 5.32 Å². The van der Waals surface area contributed by atoms with Gasteiger partial charge in [-0.15, -0.1) is 0 Å². The Morgan fingerprint density at radius 3 is 2.86 bits per heavy atom. The fourth-order valence-corrected chi connectivity index (χ4v) is 1.94. The first kappa shape index (κ1) is 11.2. The highest BCUT2D eigenvalue weighted by Gasteiger charge is 2.29. The van der Waals surface area contributed by atoms with Gasteiger partial charge in [-0.2, -0.15) is 0 Å². The van der Waals surface area contributed by atoms with Gasteiger partial charge in [0.25, 0.3) is 0 Å². The van der Waals surface area contributed by atoms with E-state index >= 15 is 0 Å². The first-order valence-corrected chi connectivity index (χ1v) is 5.14. The van der Waals surface area contributed by atoms with E-state index < -0.39 is 12.0 Å². The molecule has 1 fully saturated rings. The molecule has 14 heavy (non-hydrogen) atoms. The fraction of sp³-hybridized carbons (Fsp3) is 0.800. The zero-order valence-corrected chi connectivity index (χ0v) is 8.45. The average Bonchev–Trinajstić information content (AvgIpc) is 2.51. The number of likely N-dealkylation sites (N-methyl/N-ethyl adjacent to an activating group) is 1. The van der Waals surface area contributed by atoms with Crippen molar-refractivity contribution in [2.24, 2.45) is 5.92 Å². The van der Waals surface area contributed by atoms with Crippen LogP contribution in [0.4, 0.5) is 0 Å². The maximum absolute atomic E-state index is 11.3. The van der Waals surface area contributed by atoms with Crippen LogP contribution in [0.2, 0.25) is 0 Å². The van der Waals surface area contributed by atoms with E-state index in [9.17, 15) is 9.59 Å². The summed E-state index contributed by atoms with van der Waals surface area (Å²) in [4.78, 5) is 22.1. The summed E-state index contributed by atoms with van der Waals surface area (Å²) in [6, 6.07) is -0.563. The van der Waals surface area contributed by atoms with Crippen molar-refractivity contribution in [2.45, 2.75) is 38.6 Å². The molecule has 4 nitrogen and oxygen atoms in total. The summed E-state index contributed by atoms with van der Waals surface area (Å²) in [6.07, 6.45) is 2.85. The highest BCUT2D eigenvalue weighted by molar-refractivity contribution is 5.84. The average molecular weight is 199 g/mol. The predicted octanol–water partition coefficient (Wildman–Crippen LogP) is 0.808. The van der Waals surface area contributed by atoms with Crippen LogP contribution in [0.3, 0.4) is 0 Å². The number of carbonyl (C=O) groups is 2. The molecular weight excluding hydrogens is 182 g/mol. The highest BCUT2D eigenvalue weighted by atomic mass is 16.4.